The monoisotopic (exact) mass is 424 g/mol. The van der Waals surface area contributed by atoms with Gasteiger partial charge in [-0.1, -0.05) is 19.6 Å². The largest absolute Gasteiger partial charge is 0.359 e. The van der Waals surface area contributed by atoms with E-state index in [1.807, 2.05) is 19.1 Å². The van der Waals surface area contributed by atoms with Gasteiger partial charge in [0.2, 0.25) is 0 Å². The number of pyridine rings is 2. The molecule has 1 saturated heterocycles. The van der Waals surface area contributed by atoms with Crippen LogP contribution >= 0.6 is 0 Å². The van der Waals surface area contributed by atoms with Crippen LogP contribution in [0.1, 0.15) is 5.56 Å². The molecule has 0 radical (unpaired) electrons. The van der Waals surface area contributed by atoms with Gasteiger partial charge in [-0.2, -0.15) is 5.10 Å². The number of aromatic nitrogens is 4. The number of nitrogens with zero attached hydrogens (tertiary/aromatic N) is 6. The van der Waals surface area contributed by atoms with E-state index in [4.69, 9.17) is 4.74 Å². The molecule has 3 aromatic heterocycles. The molecule has 0 saturated carbocycles. The molecule has 0 spiro atoms. The molecule has 0 aromatic carbocycles. The molecular formula is C21H28N6O2Si. The Bertz CT molecular complexity index is 1060. The summed E-state index contributed by atoms with van der Waals surface area (Å²) in [6.07, 6.45) is 6.99. The molecule has 1 aliphatic rings. The first-order valence-electron chi connectivity index (χ1n) is 10.2. The third-order valence-corrected chi connectivity index (χ3v) is 7.00. The topological polar surface area (TPSA) is 76.4 Å². The number of ether oxygens (including phenoxy) is 1. The fraction of sp³-hybridized carbons (Fsp3) is 0.429. The van der Waals surface area contributed by atoms with Gasteiger partial charge in [0, 0.05) is 39.4 Å². The van der Waals surface area contributed by atoms with Crippen molar-refractivity contribution in [3.8, 4) is 0 Å². The zero-order chi connectivity index (χ0) is 21.3. The number of hydrogen-bond acceptors (Lipinski definition) is 5. The van der Waals surface area contributed by atoms with Crippen LogP contribution in [0.4, 0.5) is 16.2 Å². The maximum absolute atomic E-state index is 13.0. The fourth-order valence-electron chi connectivity index (χ4n) is 3.47. The van der Waals surface area contributed by atoms with E-state index in [-0.39, 0.29) is 6.03 Å². The van der Waals surface area contributed by atoms with Crippen molar-refractivity contribution in [2.45, 2.75) is 39.3 Å². The minimum absolute atomic E-state index is 0.0608. The van der Waals surface area contributed by atoms with Crippen molar-refractivity contribution in [1.82, 2.24) is 19.7 Å². The van der Waals surface area contributed by atoms with E-state index in [0.717, 1.165) is 40.6 Å². The van der Waals surface area contributed by atoms with Crippen molar-refractivity contribution >= 4 is 36.5 Å². The normalized spacial score (nSPS) is 14.9. The molecule has 0 bridgehead atoms. The zero-order valence-corrected chi connectivity index (χ0v) is 19.0. The van der Waals surface area contributed by atoms with Crippen LogP contribution in [0.15, 0.2) is 36.9 Å². The Balaban J connectivity index is 1.47. The number of urea groups is 1. The van der Waals surface area contributed by atoms with Crippen LogP contribution in [-0.4, -0.2) is 53.5 Å². The summed E-state index contributed by atoms with van der Waals surface area (Å²) in [6.45, 7) is 11.3. The van der Waals surface area contributed by atoms with Crippen molar-refractivity contribution in [1.29, 1.82) is 0 Å². The Labute approximate surface area is 177 Å². The first-order chi connectivity index (χ1) is 14.3. The van der Waals surface area contributed by atoms with Gasteiger partial charge in [-0.05, 0) is 30.7 Å². The molecule has 0 unspecified atom stereocenters. The van der Waals surface area contributed by atoms with E-state index in [1.165, 1.54) is 0 Å². The van der Waals surface area contributed by atoms with Crippen LogP contribution in [0.3, 0.4) is 0 Å². The minimum atomic E-state index is -1.11. The average Bonchev–Trinajstić information content (AvgIpc) is 3.28. The number of anilines is 2. The average molecular weight is 425 g/mol. The third-order valence-electron chi connectivity index (χ3n) is 5.29. The number of amides is 2. The summed E-state index contributed by atoms with van der Waals surface area (Å²) < 4.78 is 7.57. The van der Waals surface area contributed by atoms with Crippen molar-refractivity contribution in [2.75, 3.05) is 29.5 Å². The molecule has 4 heterocycles. The van der Waals surface area contributed by atoms with Gasteiger partial charge in [0.05, 0.1) is 30.0 Å². The van der Waals surface area contributed by atoms with Crippen LogP contribution in [0.5, 0.6) is 0 Å². The highest BCUT2D eigenvalue weighted by molar-refractivity contribution is 6.76. The lowest BCUT2D eigenvalue weighted by molar-refractivity contribution is 0.0813. The standard InChI is InChI=1S/C21H28N6O2Si/c1-16-5-6-22-14-19(16)26-8-7-25(21(26)28)18-11-17-12-24-27(20(17)23-13-18)15-29-9-10-30(2,3)4/h5-6,11-14H,7-10,15H2,1-4H3. The quantitative estimate of drug-likeness (QED) is 0.425. The van der Waals surface area contributed by atoms with Crippen molar-refractivity contribution in [2.24, 2.45) is 0 Å². The molecule has 30 heavy (non-hydrogen) atoms. The zero-order valence-electron chi connectivity index (χ0n) is 18.0. The summed E-state index contributed by atoms with van der Waals surface area (Å²) in [4.78, 5) is 25.3. The van der Waals surface area contributed by atoms with Crippen molar-refractivity contribution < 1.29 is 9.53 Å². The van der Waals surface area contributed by atoms with Gasteiger partial charge in [0.1, 0.15) is 6.73 Å². The van der Waals surface area contributed by atoms with E-state index in [0.29, 0.717) is 19.8 Å². The van der Waals surface area contributed by atoms with E-state index in [1.54, 1.807) is 39.3 Å². The molecule has 0 aliphatic carbocycles. The summed E-state index contributed by atoms with van der Waals surface area (Å²) in [5.74, 6) is 0. The van der Waals surface area contributed by atoms with E-state index < -0.39 is 8.07 Å². The van der Waals surface area contributed by atoms with Gasteiger partial charge >= 0.3 is 6.03 Å². The maximum Gasteiger partial charge on any atom is 0.329 e. The Morgan fingerprint density at radius 1 is 1.13 bits per heavy atom. The van der Waals surface area contributed by atoms with Gasteiger partial charge in [0.25, 0.3) is 0 Å². The molecule has 2 amide bonds. The number of aryl methyl sites for hydroxylation is 1. The summed E-state index contributed by atoms with van der Waals surface area (Å²) >= 11 is 0. The van der Waals surface area contributed by atoms with Crippen molar-refractivity contribution in [3.05, 3.63) is 42.5 Å². The third kappa shape index (κ3) is 4.22. The Hall–Kier alpha value is -2.78. The summed E-state index contributed by atoms with van der Waals surface area (Å²) in [5.41, 5.74) is 3.42. The SMILES string of the molecule is Cc1ccncc1N1CCN(c2cnc3c(cnn3COCC[Si](C)(C)C)c2)C1=O. The first kappa shape index (κ1) is 20.5. The van der Waals surface area contributed by atoms with E-state index >= 15 is 0 Å². The fourth-order valence-corrected chi connectivity index (χ4v) is 4.23. The molecule has 0 atom stereocenters. The van der Waals surface area contributed by atoms with Gasteiger partial charge in [-0.15, -0.1) is 0 Å². The second-order valence-electron chi connectivity index (χ2n) is 8.85. The molecule has 4 rings (SSSR count). The Morgan fingerprint density at radius 2 is 1.93 bits per heavy atom. The van der Waals surface area contributed by atoms with Gasteiger partial charge in [-0.3, -0.25) is 14.8 Å². The molecule has 3 aromatic rings. The smallest absolute Gasteiger partial charge is 0.329 e. The molecule has 9 heteroatoms. The highest BCUT2D eigenvalue weighted by atomic mass is 28.3. The molecule has 8 nitrogen and oxygen atoms in total. The molecule has 158 valence electrons. The summed E-state index contributed by atoms with van der Waals surface area (Å²) in [5, 5.41) is 5.30. The molecular weight excluding hydrogens is 396 g/mol. The molecule has 0 N–H and O–H groups in total. The van der Waals surface area contributed by atoms with Crippen LogP contribution in [0.2, 0.25) is 25.7 Å². The first-order valence-corrected chi connectivity index (χ1v) is 13.9. The van der Waals surface area contributed by atoms with Crippen LogP contribution < -0.4 is 9.80 Å². The second kappa shape index (κ2) is 8.15. The predicted molar refractivity (Wildman–Crippen MR) is 121 cm³/mol. The van der Waals surface area contributed by atoms with Crippen molar-refractivity contribution in [3.63, 3.8) is 0 Å². The lowest BCUT2D eigenvalue weighted by Gasteiger charge is -2.19. The molecule has 1 fully saturated rings. The Morgan fingerprint density at radius 3 is 2.70 bits per heavy atom. The highest BCUT2D eigenvalue weighted by Gasteiger charge is 2.32. The minimum Gasteiger partial charge on any atom is -0.359 e. The predicted octanol–water partition coefficient (Wildman–Crippen LogP) is 3.89. The number of carbonyl (C=O) groups excluding carboxylic acids is 1. The van der Waals surface area contributed by atoms with Gasteiger partial charge < -0.3 is 4.74 Å². The highest BCUT2D eigenvalue weighted by Crippen LogP contribution is 2.28. The van der Waals surface area contributed by atoms with Crippen LogP contribution in [-0.2, 0) is 11.5 Å². The maximum atomic E-state index is 13.0. The van der Waals surface area contributed by atoms with Crippen LogP contribution in [0, 0.1) is 6.92 Å². The van der Waals surface area contributed by atoms with Gasteiger partial charge in [-0.25, -0.2) is 14.5 Å². The lowest BCUT2D eigenvalue weighted by atomic mass is 10.2. The Kier molecular flexibility index (Phi) is 5.57. The summed E-state index contributed by atoms with van der Waals surface area (Å²) in [7, 11) is -1.11. The van der Waals surface area contributed by atoms with Crippen LogP contribution in [0.25, 0.3) is 11.0 Å². The second-order valence-corrected chi connectivity index (χ2v) is 14.5. The number of hydrogen-bond donors (Lipinski definition) is 0. The lowest BCUT2D eigenvalue weighted by Crippen LogP contribution is -2.32. The number of fused-ring (bicyclic) bond motifs is 1. The van der Waals surface area contributed by atoms with Gasteiger partial charge in [0.15, 0.2) is 5.65 Å². The van der Waals surface area contributed by atoms with E-state index in [9.17, 15) is 4.79 Å². The number of rotatable bonds is 7. The molecule has 1 aliphatic heterocycles. The van der Waals surface area contributed by atoms with E-state index in [2.05, 4.69) is 34.7 Å². The number of carbonyl (C=O) groups is 1. The summed E-state index contributed by atoms with van der Waals surface area (Å²) in [6, 6.07) is 4.94.